The molecular weight excluding hydrogens is 652 g/mol. The third-order valence-corrected chi connectivity index (χ3v) is 6.93. The normalized spacial score (nSPS) is 19.9. The molecule has 0 spiro atoms. The highest BCUT2D eigenvalue weighted by Gasteiger charge is 2.56. The minimum atomic E-state index is -1.81. The van der Waals surface area contributed by atoms with E-state index in [2.05, 4.69) is 0 Å². The number of methoxy groups -OCH3 is 1. The molecule has 0 saturated carbocycles. The number of hydrogen-bond donors (Lipinski definition) is 0. The lowest BCUT2D eigenvalue weighted by molar-refractivity contribution is -0.387. The van der Waals surface area contributed by atoms with Crippen LogP contribution >= 0.6 is 0 Å². The number of carbonyl (C=O) groups excluding carboxylic acids is 5. The summed E-state index contributed by atoms with van der Waals surface area (Å²) >= 11 is 0. The topological polar surface area (TPSA) is 206 Å². The van der Waals surface area contributed by atoms with E-state index in [1.807, 2.05) is 30.3 Å². The minimum absolute atomic E-state index is 0.0286. The number of hydrogen-bond acceptors (Lipinski definition) is 15. The maximum absolute atomic E-state index is 12.7. The van der Waals surface area contributed by atoms with E-state index in [0.717, 1.165) is 39.5 Å². The number of nitro benzene ring substituents is 1. The Morgan fingerprint density at radius 3 is 2.10 bits per heavy atom. The molecule has 0 aliphatic carbocycles. The Hall–Kier alpha value is -5.29. The van der Waals surface area contributed by atoms with Crippen LogP contribution in [-0.4, -0.2) is 97.5 Å². The lowest BCUT2D eigenvalue weighted by Gasteiger charge is -2.42. The zero-order valence-electron chi connectivity index (χ0n) is 27.6. The molecule has 17 nitrogen and oxygen atoms in total. The predicted octanol–water partition coefficient (Wildman–Crippen LogP) is 2.84. The summed E-state index contributed by atoms with van der Waals surface area (Å²) in [6, 6.07) is 13.3. The molecule has 1 aliphatic heterocycles. The molecule has 2 aromatic rings. The van der Waals surface area contributed by atoms with Gasteiger partial charge in [0.25, 0.3) is 0 Å². The van der Waals surface area contributed by atoms with Crippen molar-refractivity contribution in [1.82, 2.24) is 4.90 Å². The van der Waals surface area contributed by atoms with Crippen molar-refractivity contribution < 1.29 is 66.8 Å². The highest BCUT2D eigenvalue weighted by atomic mass is 16.7. The first-order valence-corrected chi connectivity index (χ1v) is 15.1. The Bertz CT molecular complexity index is 1480. The van der Waals surface area contributed by atoms with E-state index in [9.17, 15) is 34.1 Å². The van der Waals surface area contributed by atoms with Gasteiger partial charge < -0.3 is 37.9 Å². The summed E-state index contributed by atoms with van der Waals surface area (Å²) in [5, 5.41) is 12.1. The van der Waals surface area contributed by atoms with Crippen LogP contribution in [0, 0.1) is 10.1 Å². The summed E-state index contributed by atoms with van der Waals surface area (Å²) in [5.74, 6) is -4.21. The van der Waals surface area contributed by atoms with E-state index >= 15 is 0 Å². The second-order valence-electron chi connectivity index (χ2n) is 10.5. The van der Waals surface area contributed by atoms with Gasteiger partial charge in [-0.25, -0.2) is 9.59 Å². The molecule has 266 valence electrons. The first-order valence-electron chi connectivity index (χ1n) is 15.1. The molecule has 17 heteroatoms. The van der Waals surface area contributed by atoms with Gasteiger partial charge in [-0.1, -0.05) is 36.4 Å². The van der Waals surface area contributed by atoms with E-state index in [-0.39, 0.29) is 25.4 Å². The van der Waals surface area contributed by atoms with Crippen LogP contribution in [0.1, 0.15) is 38.8 Å². The standard InChI is InChI=1S/C32H38N2O15/c1-6-33(18-43-15-14-22-10-8-7-9-11-22)32(39)44-17-23-12-13-25(24(16-23)34(40)41)48-31-29(47-21(4)37)27(46-20(3)36)26(45-19(2)35)28(49-31)30(38)42-5/h7-13,16,26-29,31H,6,14-15,17-18H2,1-5H3/t26?,27?,28?,29?,31-/m0/s1. The van der Waals surface area contributed by atoms with Gasteiger partial charge in [0, 0.05) is 33.4 Å². The largest absolute Gasteiger partial charge is 0.467 e. The van der Waals surface area contributed by atoms with Gasteiger partial charge >= 0.3 is 35.7 Å². The zero-order valence-corrected chi connectivity index (χ0v) is 27.6. The molecular formula is C32H38N2O15. The Balaban J connectivity index is 1.78. The van der Waals surface area contributed by atoms with Crippen LogP contribution in [0.25, 0.3) is 0 Å². The molecule has 0 radical (unpaired) electrons. The van der Waals surface area contributed by atoms with E-state index in [0.29, 0.717) is 13.0 Å². The molecule has 4 unspecified atom stereocenters. The van der Waals surface area contributed by atoms with Gasteiger partial charge in [0.15, 0.2) is 24.1 Å². The van der Waals surface area contributed by atoms with Crippen LogP contribution in [-0.2, 0) is 65.4 Å². The molecule has 1 heterocycles. The molecule has 1 fully saturated rings. The highest BCUT2D eigenvalue weighted by molar-refractivity contribution is 5.77. The Morgan fingerprint density at radius 1 is 0.878 bits per heavy atom. The van der Waals surface area contributed by atoms with Crippen molar-refractivity contribution >= 4 is 35.7 Å². The Kier molecular flexibility index (Phi) is 14.3. The quantitative estimate of drug-likeness (QED) is 0.0658. The Labute approximate surface area is 281 Å². The van der Waals surface area contributed by atoms with Crippen LogP contribution in [0.5, 0.6) is 5.75 Å². The van der Waals surface area contributed by atoms with E-state index in [4.69, 9.17) is 37.9 Å². The lowest BCUT2D eigenvalue weighted by Crippen LogP contribution is -2.64. The van der Waals surface area contributed by atoms with Crippen molar-refractivity contribution in [3.63, 3.8) is 0 Å². The van der Waals surface area contributed by atoms with Gasteiger partial charge in [0.2, 0.25) is 12.4 Å². The number of esters is 4. The fourth-order valence-corrected chi connectivity index (χ4v) is 4.71. The first kappa shape index (κ1) is 38.2. The summed E-state index contributed by atoms with van der Waals surface area (Å²) in [6.45, 7) is 5.07. The van der Waals surface area contributed by atoms with Gasteiger partial charge in [0.05, 0.1) is 18.6 Å². The third kappa shape index (κ3) is 11.1. The number of rotatable bonds is 15. The fraction of sp³-hybridized carbons (Fsp3) is 0.469. The number of carbonyl (C=O) groups is 5. The van der Waals surface area contributed by atoms with Gasteiger partial charge in [-0.2, -0.15) is 0 Å². The van der Waals surface area contributed by atoms with Crippen molar-refractivity contribution in [1.29, 1.82) is 0 Å². The number of amides is 1. The summed E-state index contributed by atoms with van der Waals surface area (Å²) in [5.41, 5.74) is 0.684. The zero-order chi connectivity index (χ0) is 36.1. The van der Waals surface area contributed by atoms with Crippen molar-refractivity contribution in [2.75, 3.05) is 27.0 Å². The maximum atomic E-state index is 12.7. The minimum Gasteiger partial charge on any atom is -0.467 e. The van der Waals surface area contributed by atoms with Gasteiger partial charge in [-0.15, -0.1) is 0 Å². The molecule has 1 amide bonds. The molecule has 1 saturated heterocycles. The van der Waals surface area contributed by atoms with Gasteiger partial charge in [0.1, 0.15) is 13.3 Å². The summed E-state index contributed by atoms with van der Waals surface area (Å²) in [4.78, 5) is 73.9. The number of benzene rings is 2. The third-order valence-electron chi connectivity index (χ3n) is 6.93. The molecule has 49 heavy (non-hydrogen) atoms. The van der Waals surface area contributed by atoms with Crippen LogP contribution in [0.3, 0.4) is 0 Å². The predicted molar refractivity (Wildman–Crippen MR) is 165 cm³/mol. The molecule has 0 aromatic heterocycles. The number of ether oxygens (including phenoxy) is 8. The van der Waals surface area contributed by atoms with Crippen LogP contribution in [0.2, 0.25) is 0 Å². The molecule has 3 rings (SSSR count). The molecule has 0 N–H and O–H groups in total. The smallest absolute Gasteiger partial charge is 0.411 e. The molecule has 1 aliphatic rings. The second-order valence-corrected chi connectivity index (χ2v) is 10.5. The average Bonchev–Trinajstić information content (AvgIpc) is 3.06. The fourth-order valence-electron chi connectivity index (χ4n) is 4.71. The highest BCUT2D eigenvalue weighted by Crippen LogP contribution is 2.35. The van der Waals surface area contributed by atoms with Crippen molar-refractivity contribution in [2.45, 2.75) is 71.4 Å². The maximum Gasteiger partial charge on any atom is 0.411 e. The van der Waals surface area contributed by atoms with Crippen LogP contribution in [0.15, 0.2) is 48.5 Å². The van der Waals surface area contributed by atoms with Crippen molar-refractivity contribution in [3.05, 3.63) is 69.8 Å². The van der Waals surface area contributed by atoms with Gasteiger partial charge in [-0.3, -0.25) is 29.4 Å². The summed E-state index contributed by atoms with van der Waals surface area (Å²) in [7, 11) is 1.01. The molecule has 2 aromatic carbocycles. The van der Waals surface area contributed by atoms with Crippen molar-refractivity contribution in [3.8, 4) is 5.75 Å². The number of nitrogens with zero attached hydrogens (tertiary/aromatic N) is 2. The second kappa shape index (κ2) is 18.3. The van der Waals surface area contributed by atoms with Gasteiger partial charge in [-0.05, 0) is 30.5 Å². The Morgan fingerprint density at radius 2 is 1.51 bits per heavy atom. The number of nitro groups is 1. The van der Waals surface area contributed by atoms with Crippen molar-refractivity contribution in [2.24, 2.45) is 0 Å². The van der Waals surface area contributed by atoms with E-state index in [1.54, 1.807) is 6.92 Å². The summed E-state index contributed by atoms with van der Waals surface area (Å²) in [6.07, 6.45) is -8.63. The van der Waals surface area contributed by atoms with E-state index in [1.165, 1.54) is 17.0 Å². The average molecular weight is 691 g/mol. The lowest BCUT2D eigenvalue weighted by atomic mass is 9.97. The molecule has 5 atom stereocenters. The SMILES string of the molecule is CCN(COCCc1ccccc1)C(=O)OCc1ccc(O[C@H]2OC(C(=O)OC)C(OC(C)=O)C(OC(C)=O)C2OC(C)=O)c([N+](=O)[O-])c1. The van der Waals surface area contributed by atoms with Crippen LogP contribution in [0.4, 0.5) is 10.5 Å². The summed E-state index contributed by atoms with van der Waals surface area (Å²) < 4.78 is 42.9. The van der Waals surface area contributed by atoms with E-state index < -0.39 is 77.0 Å². The first-order chi connectivity index (χ1) is 23.3. The molecule has 0 bridgehead atoms. The monoisotopic (exact) mass is 690 g/mol. The van der Waals surface area contributed by atoms with Crippen LogP contribution < -0.4 is 4.74 Å².